The van der Waals surface area contributed by atoms with Gasteiger partial charge in [-0.05, 0) is 43.7 Å². The van der Waals surface area contributed by atoms with Gasteiger partial charge in [-0.15, -0.1) is 0 Å². The van der Waals surface area contributed by atoms with Gasteiger partial charge in [-0.3, -0.25) is 4.79 Å². The van der Waals surface area contributed by atoms with E-state index in [-0.39, 0.29) is 30.1 Å². The first kappa shape index (κ1) is 23.1. The zero-order valence-corrected chi connectivity index (χ0v) is 18.5. The molecule has 0 unspecified atom stereocenters. The molecule has 0 bridgehead atoms. The standard InChI is InChI=1S/C21H27FN4O4S/c1-3-25(4-2)20-8-5-16(14-23-20)15-24-21(27)18-13-17(6-7-19(18)22)31(28,29)26-9-11-30-12-10-26/h5-8,13-14H,3-4,9-12,15H2,1-2H3,(H,24,27). The van der Waals surface area contributed by atoms with Gasteiger partial charge >= 0.3 is 0 Å². The van der Waals surface area contributed by atoms with E-state index in [1.54, 1.807) is 6.20 Å². The number of aromatic nitrogens is 1. The molecule has 0 aliphatic carbocycles. The van der Waals surface area contributed by atoms with Crippen LogP contribution in [0.2, 0.25) is 0 Å². The second kappa shape index (κ2) is 10.2. The number of carbonyl (C=O) groups is 1. The van der Waals surface area contributed by atoms with Crippen molar-refractivity contribution < 1.29 is 22.3 Å². The number of nitrogens with one attached hydrogen (secondary N) is 1. The van der Waals surface area contributed by atoms with Crippen molar-refractivity contribution in [3.05, 3.63) is 53.5 Å². The molecule has 1 saturated heterocycles. The summed E-state index contributed by atoms with van der Waals surface area (Å²) < 4.78 is 46.3. The maximum atomic E-state index is 14.3. The van der Waals surface area contributed by atoms with Crippen LogP contribution in [0, 0.1) is 5.82 Å². The molecule has 1 aromatic carbocycles. The predicted octanol–water partition coefficient (Wildman–Crippen LogP) is 2.02. The van der Waals surface area contributed by atoms with Crippen LogP contribution in [0.25, 0.3) is 0 Å². The first-order valence-electron chi connectivity index (χ1n) is 10.2. The minimum absolute atomic E-state index is 0.119. The van der Waals surface area contributed by atoms with E-state index >= 15 is 0 Å². The molecular formula is C21H27FN4O4S. The van der Waals surface area contributed by atoms with Gasteiger partial charge in [0.1, 0.15) is 11.6 Å². The highest BCUT2D eigenvalue weighted by molar-refractivity contribution is 7.89. The number of ether oxygens (including phenoxy) is 1. The Kier molecular flexibility index (Phi) is 7.58. The Balaban J connectivity index is 1.71. The van der Waals surface area contributed by atoms with Crippen LogP contribution >= 0.6 is 0 Å². The normalized spacial score (nSPS) is 14.9. The molecule has 0 atom stereocenters. The fraction of sp³-hybridized carbons (Fsp3) is 0.429. The number of pyridine rings is 1. The van der Waals surface area contributed by atoms with Gasteiger partial charge in [0.25, 0.3) is 5.91 Å². The topological polar surface area (TPSA) is 91.8 Å². The number of hydrogen-bond acceptors (Lipinski definition) is 6. The second-order valence-corrected chi connectivity index (χ2v) is 8.98. The molecule has 0 radical (unpaired) electrons. The van der Waals surface area contributed by atoms with Crippen LogP contribution in [0.1, 0.15) is 29.8 Å². The van der Waals surface area contributed by atoms with Crippen molar-refractivity contribution in [2.75, 3.05) is 44.3 Å². The van der Waals surface area contributed by atoms with Crippen molar-refractivity contribution in [1.29, 1.82) is 0 Å². The summed E-state index contributed by atoms with van der Waals surface area (Å²) in [4.78, 5) is 18.9. The number of halogens is 1. The van der Waals surface area contributed by atoms with Gasteiger partial charge < -0.3 is 15.0 Å². The number of rotatable bonds is 8. The Morgan fingerprint density at radius 2 is 1.90 bits per heavy atom. The number of benzene rings is 1. The Hall–Kier alpha value is -2.56. The van der Waals surface area contributed by atoms with Crippen LogP contribution < -0.4 is 10.2 Å². The molecule has 0 spiro atoms. The number of carbonyl (C=O) groups excluding carboxylic acids is 1. The van der Waals surface area contributed by atoms with Crippen LogP contribution in [0.3, 0.4) is 0 Å². The van der Waals surface area contributed by atoms with Gasteiger partial charge in [-0.1, -0.05) is 6.07 Å². The maximum Gasteiger partial charge on any atom is 0.254 e. The van der Waals surface area contributed by atoms with Crippen molar-refractivity contribution in [2.24, 2.45) is 0 Å². The molecule has 1 aliphatic heterocycles. The van der Waals surface area contributed by atoms with E-state index in [1.807, 2.05) is 26.0 Å². The lowest BCUT2D eigenvalue weighted by Gasteiger charge is -2.26. The van der Waals surface area contributed by atoms with Crippen LogP contribution in [0.15, 0.2) is 41.4 Å². The van der Waals surface area contributed by atoms with E-state index < -0.39 is 21.7 Å². The molecule has 1 aliphatic rings. The smallest absolute Gasteiger partial charge is 0.254 e. The number of sulfonamides is 1. The van der Waals surface area contributed by atoms with E-state index in [2.05, 4.69) is 15.2 Å². The van der Waals surface area contributed by atoms with E-state index in [0.29, 0.717) is 13.2 Å². The van der Waals surface area contributed by atoms with E-state index in [0.717, 1.165) is 36.6 Å². The van der Waals surface area contributed by atoms with Crippen LogP contribution in [0.4, 0.5) is 10.2 Å². The van der Waals surface area contributed by atoms with Gasteiger partial charge in [0, 0.05) is 38.9 Å². The minimum Gasteiger partial charge on any atom is -0.379 e. The molecule has 3 rings (SSSR count). The van der Waals surface area contributed by atoms with E-state index in [9.17, 15) is 17.6 Å². The Morgan fingerprint density at radius 3 is 2.52 bits per heavy atom. The highest BCUT2D eigenvalue weighted by atomic mass is 32.2. The van der Waals surface area contributed by atoms with Crippen LogP contribution in [-0.2, 0) is 21.3 Å². The summed E-state index contributed by atoms with van der Waals surface area (Å²) in [6.07, 6.45) is 1.66. The molecule has 8 nitrogen and oxygen atoms in total. The second-order valence-electron chi connectivity index (χ2n) is 7.04. The molecule has 168 valence electrons. The Labute approximate surface area is 182 Å². The van der Waals surface area contributed by atoms with E-state index in [1.165, 1.54) is 10.4 Å². The fourth-order valence-electron chi connectivity index (χ4n) is 3.31. The van der Waals surface area contributed by atoms with Gasteiger partial charge in [0.05, 0.1) is 23.7 Å². The summed E-state index contributed by atoms with van der Waals surface area (Å²) in [6.45, 7) is 6.94. The van der Waals surface area contributed by atoms with Crippen molar-refractivity contribution in [2.45, 2.75) is 25.3 Å². The van der Waals surface area contributed by atoms with Crippen molar-refractivity contribution in [3.8, 4) is 0 Å². The molecule has 2 heterocycles. The quantitative estimate of drug-likeness (QED) is 0.662. The minimum atomic E-state index is -3.83. The molecule has 0 saturated carbocycles. The molecule has 2 aromatic rings. The van der Waals surface area contributed by atoms with Crippen LogP contribution in [-0.4, -0.2) is 63.0 Å². The van der Waals surface area contributed by atoms with Crippen LogP contribution in [0.5, 0.6) is 0 Å². The summed E-state index contributed by atoms with van der Waals surface area (Å²) in [6, 6.07) is 6.97. The monoisotopic (exact) mass is 450 g/mol. The molecule has 10 heteroatoms. The van der Waals surface area contributed by atoms with Gasteiger partial charge in [-0.25, -0.2) is 17.8 Å². The third-order valence-electron chi connectivity index (χ3n) is 5.14. The summed E-state index contributed by atoms with van der Waals surface area (Å²) in [5.41, 5.74) is 0.434. The fourth-order valence-corrected chi connectivity index (χ4v) is 4.74. The molecule has 31 heavy (non-hydrogen) atoms. The highest BCUT2D eigenvalue weighted by Gasteiger charge is 2.27. The number of hydrogen-bond donors (Lipinski definition) is 1. The zero-order chi connectivity index (χ0) is 22.4. The van der Waals surface area contributed by atoms with Crippen molar-refractivity contribution in [1.82, 2.24) is 14.6 Å². The average molecular weight is 451 g/mol. The molecule has 1 N–H and O–H groups in total. The predicted molar refractivity (Wildman–Crippen MR) is 115 cm³/mol. The molecular weight excluding hydrogens is 423 g/mol. The first-order chi connectivity index (χ1) is 14.9. The summed E-state index contributed by atoms with van der Waals surface area (Å²) >= 11 is 0. The number of morpholine rings is 1. The summed E-state index contributed by atoms with van der Waals surface area (Å²) in [7, 11) is -3.83. The highest BCUT2D eigenvalue weighted by Crippen LogP contribution is 2.20. The van der Waals surface area contributed by atoms with E-state index in [4.69, 9.17) is 4.74 Å². The largest absolute Gasteiger partial charge is 0.379 e. The lowest BCUT2D eigenvalue weighted by Crippen LogP contribution is -2.40. The molecule has 1 aromatic heterocycles. The SMILES string of the molecule is CCN(CC)c1ccc(CNC(=O)c2cc(S(=O)(=O)N3CCOCC3)ccc2F)cn1. The Bertz CT molecular complexity index is 1000. The number of nitrogens with zero attached hydrogens (tertiary/aromatic N) is 3. The molecule has 1 amide bonds. The lowest BCUT2D eigenvalue weighted by atomic mass is 10.2. The third-order valence-corrected chi connectivity index (χ3v) is 7.03. The third kappa shape index (κ3) is 5.38. The van der Waals surface area contributed by atoms with Gasteiger partial charge in [0.2, 0.25) is 10.0 Å². The Morgan fingerprint density at radius 1 is 1.19 bits per heavy atom. The van der Waals surface area contributed by atoms with Gasteiger partial charge in [0.15, 0.2) is 0 Å². The van der Waals surface area contributed by atoms with Gasteiger partial charge in [-0.2, -0.15) is 4.31 Å². The number of amides is 1. The average Bonchev–Trinajstić information content (AvgIpc) is 2.80. The summed E-state index contributed by atoms with van der Waals surface area (Å²) in [5.74, 6) is -0.634. The zero-order valence-electron chi connectivity index (χ0n) is 17.7. The summed E-state index contributed by atoms with van der Waals surface area (Å²) in [5, 5.41) is 2.63. The van der Waals surface area contributed by atoms with Crippen molar-refractivity contribution >= 4 is 21.7 Å². The maximum absolute atomic E-state index is 14.3. The number of anilines is 1. The lowest BCUT2D eigenvalue weighted by molar-refractivity contribution is 0.0730. The first-order valence-corrected chi connectivity index (χ1v) is 11.7. The van der Waals surface area contributed by atoms with Crippen molar-refractivity contribution in [3.63, 3.8) is 0 Å². The molecule has 1 fully saturated rings.